The summed E-state index contributed by atoms with van der Waals surface area (Å²) in [5.41, 5.74) is 1.65. The molecule has 1 aliphatic heterocycles. The van der Waals surface area contributed by atoms with Gasteiger partial charge in [0.1, 0.15) is 11.9 Å². The maximum absolute atomic E-state index is 13.0. The third-order valence-corrected chi connectivity index (χ3v) is 5.59. The molecule has 2 N–H and O–H groups in total. The van der Waals surface area contributed by atoms with Crippen LogP contribution in [0.3, 0.4) is 0 Å². The quantitative estimate of drug-likeness (QED) is 0.767. The first kappa shape index (κ1) is 20.8. The van der Waals surface area contributed by atoms with E-state index >= 15 is 0 Å². The van der Waals surface area contributed by atoms with Crippen molar-refractivity contribution in [2.75, 3.05) is 32.1 Å². The Balaban J connectivity index is 0.00000243. The molecule has 26 heavy (non-hydrogen) atoms. The van der Waals surface area contributed by atoms with Crippen LogP contribution in [0.15, 0.2) is 53.4 Å². The molecule has 1 aliphatic rings. The maximum atomic E-state index is 13.0. The Labute approximate surface area is 168 Å². The molecule has 1 heterocycles. The summed E-state index contributed by atoms with van der Waals surface area (Å²) in [6.07, 6.45) is -1.15. The van der Waals surface area contributed by atoms with Gasteiger partial charge in [-0.25, -0.2) is 0 Å². The van der Waals surface area contributed by atoms with Gasteiger partial charge in [-0.3, -0.25) is 4.79 Å². The number of rotatable bonds is 4. The number of aliphatic hydroxyl groups excluding tert-OH is 1. The molecule has 7 heteroatoms. The molecule has 1 amide bonds. The van der Waals surface area contributed by atoms with Crippen LogP contribution in [0.25, 0.3) is 0 Å². The summed E-state index contributed by atoms with van der Waals surface area (Å²) in [7, 11) is 3.91. The van der Waals surface area contributed by atoms with Crippen LogP contribution in [0.1, 0.15) is 10.8 Å². The second-order valence-corrected chi connectivity index (χ2v) is 7.52. The molecule has 2 aromatic rings. The topological polar surface area (TPSA) is 64.0 Å². The number of aromatic hydroxyl groups is 1. The Bertz CT molecular complexity index is 755. The number of anilines is 1. The number of para-hydroxylation sites is 1. The van der Waals surface area contributed by atoms with Crippen LogP contribution in [0.2, 0.25) is 0 Å². The lowest BCUT2D eigenvalue weighted by molar-refractivity contribution is -0.126. The van der Waals surface area contributed by atoms with E-state index in [1.165, 1.54) is 11.8 Å². The number of nitrogens with zero attached hydrogens (tertiary/aromatic N) is 2. The Morgan fingerprint density at radius 1 is 1.12 bits per heavy atom. The minimum atomic E-state index is -1.15. The number of carbonyl (C=O) groups is 1. The Hall–Kier alpha value is -1.54. The highest BCUT2D eigenvalue weighted by Gasteiger charge is 2.37. The largest absolute Gasteiger partial charge is 0.508 e. The molecule has 0 radical (unpaired) electrons. The molecule has 0 spiro atoms. The summed E-state index contributed by atoms with van der Waals surface area (Å²) in [5, 5.41) is 19.8. The van der Waals surface area contributed by atoms with Gasteiger partial charge in [-0.1, -0.05) is 24.3 Å². The lowest BCUT2D eigenvalue weighted by Gasteiger charge is -2.26. The SMILES string of the molecule is Br.CN(C)CCN1C(=O)C(O)C(c2ccc(O)cc2)Sc2ccccc21. The van der Waals surface area contributed by atoms with Crippen molar-refractivity contribution in [1.29, 1.82) is 0 Å². The molecule has 2 aromatic carbocycles. The first-order valence-electron chi connectivity index (χ1n) is 8.16. The number of hydrogen-bond donors (Lipinski definition) is 2. The lowest BCUT2D eigenvalue weighted by Crippen LogP contribution is -2.43. The van der Waals surface area contributed by atoms with E-state index in [0.717, 1.165) is 16.1 Å². The normalized spacial score (nSPS) is 19.7. The molecule has 3 rings (SSSR count). The summed E-state index contributed by atoms with van der Waals surface area (Å²) >= 11 is 1.48. The third-order valence-electron chi connectivity index (χ3n) is 4.21. The van der Waals surface area contributed by atoms with Crippen LogP contribution >= 0.6 is 28.7 Å². The third kappa shape index (κ3) is 4.40. The van der Waals surface area contributed by atoms with E-state index < -0.39 is 11.4 Å². The van der Waals surface area contributed by atoms with Crippen molar-refractivity contribution in [2.45, 2.75) is 16.2 Å². The highest BCUT2D eigenvalue weighted by atomic mass is 79.9. The fraction of sp³-hybridized carbons (Fsp3) is 0.316. The molecule has 0 aliphatic carbocycles. The zero-order valence-electron chi connectivity index (χ0n) is 14.7. The van der Waals surface area contributed by atoms with Crippen LogP contribution in [-0.4, -0.2) is 54.3 Å². The van der Waals surface area contributed by atoms with E-state index in [-0.39, 0.29) is 28.6 Å². The number of thioether (sulfide) groups is 1. The van der Waals surface area contributed by atoms with Crippen molar-refractivity contribution in [3.05, 3.63) is 54.1 Å². The molecule has 5 nitrogen and oxygen atoms in total. The van der Waals surface area contributed by atoms with E-state index in [2.05, 4.69) is 0 Å². The smallest absolute Gasteiger partial charge is 0.257 e. The lowest BCUT2D eigenvalue weighted by atomic mass is 10.1. The average molecular weight is 439 g/mol. The number of amides is 1. The molecule has 2 unspecified atom stereocenters. The van der Waals surface area contributed by atoms with Gasteiger partial charge >= 0.3 is 0 Å². The van der Waals surface area contributed by atoms with E-state index in [0.29, 0.717) is 13.1 Å². The highest BCUT2D eigenvalue weighted by molar-refractivity contribution is 8.93. The van der Waals surface area contributed by atoms with Crippen molar-refractivity contribution in [1.82, 2.24) is 4.90 Å². The van der Waals surface area contributed by atoms with Gasteiger partial charge in [-0.05, 0) is 43.9 Å². The van der Waals surface area contributed by atoms with Crippen LogP contribution in [0.5, 0.6) is 5.75 Å². The van der Waals surface area contributed by atoms with Gasteiger partial charge in [0.15, 0.2) is 0 Å². The van der Waals surface area contributed by atoms with Gasteiger partial charge in [-0.2, -0.15) is 0 Å². The fourth-order valence-corrected chi connectivity index (χ4v) is 4.10. The van der Waals surface area contributed by atoms with Crippen LogP contribution in [-0.2, 0) is 4.79 Å². The number of likely N-dealkylation sites (N-methyl/N-ethyl adjacent to an activating group) is 1. The van der Waals surface area contributed by atoms with Gasteiger partial charge < -0.3 is 20.0 Å². The Morgan fingerprint density at radius 3 is 2.42 bits per heavy atom. The van der Waals surface area contributed by atoms with Gasteiger partial charge in [0, 0.05) is 18.0 Å². The van der Waals surface area contributed by atoms with E-state index in [1.807, 2.05) is 43.3 Å². The Kier molecular flexibility index (Phi) is 7.11. The maximum Gasteiger partial charge on any atom is 0.257 e. The molecule has 0 bridgehead atoms. The van der Waals surface area contributed by atoms with Crippen molar-refractivity contribution in [2.24, 2.45) is 0 Å². The number of carbonyl (C=O) groups excluding carboxylic acids is 1. The van der Waals surface area contributed by atoms with Crippen LogP contribution in [0, 0.1) is 0 Å². The molecule has 0 saturated carbocycles. The number of halogens is 1. The summed E-state index contributed by atoms with van der Waals surface area (Å²) in [6.45, 7) is 1.23. The predicted molar refractivity (Wildman–Crippen MR) is 110 cm³/mol. The molecule has 140 valence electrons. The van der Waals surface area contributed by atoms with Gasteiger partial charge in [0.2, 0.25) is 0 Å². The van der Waals surface area contributed by atoms with Crippen LogP contribution < -0.4 is 4.90 Å². The number of phenolic OH excluding ortho intramolecular Hbond substituents is 1. The van der Waals surface area contributed by atoms with E-state index in [4.69, 9.17) is 0 Å². The summed E-state index contributed by atoms with van der Waals surface area (Å²) in [6, 6.07) is 14.4. The van der Waals surface area contributed by atoms with Gasteiger partial charge in [0.05, 0.1) is 10.9 Å². The second-order valence-electron chi connectivity index (χ2n) is 6.34. The average Bonchev–Trinajstić information content (AvgIpc) is 2.70. The molecule has 0 aromatic heterocycles. The summed E-state index contributed by atoms with van der Waals surface area (Å²) in [4.78, 5) is 17.6. The number of hydrogen-bond acceptors (Lipinski definition) is 5. The van der Waals surface area contributed by atoms with Crippen molar-refractivity contribution in [3.8, 4) is 5.75 Å². The first-order valence-corrected chi connectivity index (χ1v) is 9.04. The fourth-order valence-electron chi connectivity index (χ4n) is 2.83. The monoisotopic (exact) mass is 438 g/mol. The van der Waals surface area contributed by atoms with Crippen molar-refractivity contribution < 1.29 is 15.0 Å². The number of fused-ring (bicyclic) bond motifs is 1. The van der Waals surface area contributed by atoms with Crippen LogP contribution in [0.4, 0.5) is 5.69 Å². The van der Waals surface area contributed by atoms with Gasteiger partial charge in [-0.15, -0.1) is 28.7 Å². The first-order chi connectivity index (χ1) is 12.0. The standard InChI is InChI=1S/C19H22N2O3S.BrH/c1-20(2)11-12-21-15-5-3-4-6-16(15)25-18(17(23)19(21)24)13-7-9-14(22)10-8-13;/h3-10,17-18,22-23H,11-12H2,1-2H3;1H. The zero-order valence-corrected chi connectivity index (χ0v) is 17.2. The molecule has 2 atom stereocenters. The molecule has 0 saturated heterocycles. The zero-order chi connectivity index (χ0) is 18.0. The molecular formula is C19H23BrN2O3S. The summed E-state index contributed by atoms with van der Waals surface area (Å²) in [5.74, 6) is -0.131. The minimum absolute atomic E-state index is 0. The Morgan fingerprint density at radius 2 is 1.77 bits per heavy atom. The summed E-state index contributed by atoms with van der Waals surface area (Å²) < 4.78 is 0. The van der Waals surface area contributed by atoms with Gasteiger partial charge in [0.25, 0.3) is 5.91 Å². The van der Waals surface area contributed by atoms with Crippen molar-refractivity contribution >= 4 is 40.3 Å². The number of benzene rings is 2. The number of aliphatic hydroxyl groups is 1. The minimum Gasteiger partial charge on any atom is -0.508 e. The number of phenols is 1. The molecule has 0 fully saturated rings. The molecular weight excluding hydrogens is 416 g/mol. The predicted octanol–water partition coefficient (Wildman–Crippen LogP) is 3.07. The second kappa shape index (κ2) is 8.90. The van der Waals surface area contributed by atoms with E-state index in [1.54, 1.807) is 29.2 Å². The van der Waals surface area contributed by atoms with Crippen molar-refractivity contribution in [3.63, 3.8) is 0 Å². The van der Waals surface area contributed by atoms with E-state index in [9.17, 15) is 15.0 Å². The highest BCUT2D eigenvalue weighted by Crippen LogP contribution is 2.45.